The minimum Gasteiger partial charge on any atom is -0.308 e. The molecule has 1 atom stereocenters. The lowest BCUT2D eigenvalue weighted by atomic mass is 10.1. The minimum atomic E-state index is 0.484. The predicted molar refractivity (Wildman–Crippen MR) is 59.5 cm³/mol. The Morgan fingerprint density at radius 1 is 1.46 bits per heavy atom. The number of thioether (sulfide) groups is 1. The SMILES string of the molecule is Clc1cccc([C@H]2CSCCN2)c1. The zero-order valence-corrected chi connectivity index (χ0v) is 8.87. The van der Waals surface area contributed by atoms with Crippen LogP contribution in [0.3, 0.4) is 0 Å². The van der Waals surface area contributed by atoms with Crippen molar-refractivity contribution in [1.29, 1.82) is 0 Å². The summed E-state index contributed by atoms with van der Waals surface area (Å²) in [6.45, 7) is 1.10. The van der Waals surface area contributed by atoms with Crippen LogP contribution in [0.5, 0.6) is 0 Å². The Balaban J connectivity index is 2.14. The number of hydrogen-bond donors (Lipinski definition) is 1. The Hall–Kier alpha value is -0.180. The van der Waals surface area contributed by atoms with Crippen LogP contribution in [0.2, 0.25) is 5.02 Å². The molecule has 0 unspecified atom stereocenters. The normalized spacial score (nSPS) is 23.0. The standard InChI is InChI=1S/C10H12ClNS/c11-9-3-1-2-8(6-9)10-7-13-5-4-12-10/h1-3,6,10,12H,4-5,7H2/t10-/m1/s1. The third-order valence-corrected chi connectivity index (χ3v) is 3.47. The van der Waals surface area contributed by atoms with Crippen molar-refractivity contribution in [2.45, 2.75) is 6.04 Å². The van der Waals surface area contributed by atoms with Crippen molar-refractivity contribution in [1.82, 2.24) is 5.32 Å². The van der Waals surface area contributed by atoms with Crippen LogP contribution in [-0.2, 0) is 0 Å². The summed E-state index contributed by atoms with van der Waals surface area (Å²) in [6, 6.07) is 8.60. The average molecular weight is 214 g/mol. The van der Waals surface area contributed by atoms with Gasteiger partial charge in [-0.05, 0) is 17.7 Å². The maximum absolute atomic E-state index is 5.93. The Morgan fingerprint density at radius 2 is 2.38 bits per heavy atom. The van der Waals surface area contributed by atoms with Crippen LogP contribution in [0.1, 0.15) is 11.6 Å². The van der Waals surface area contributed by atoms with E-state index in [1.54, 1.807) is 0 Å². The van der Waals surface area contributed by atoms with Gasteiger partial charge in [0.05, 0.1) is 0 Å². The van der Waals surface area contributed by atoms with E-state index in [2.05, 4.69) is 11.4 Å². The van der Waals surface area contributed by atoms with Gasteiger partial charge in [-0.25, -0.2) is 0 Å². The number of nitrogens with one attached hydrogen (secondary N) is 1. The quantitative estimate of drug-likeness (QED) is 0.770. The zero-order chi connectivity index (χ0) is 9.10. The second-order valence-corrected chi connectivity index (χ2v) is 4.72. The molecule has 0 aliphatic carbocycles. The lowest BCUT2D eigenvalue weighted by Gasteiger charge is -2.23. The summed E-state index contributed by atoms with van der Waals surface area (Å²) in [5.74, 6) is 2.37. The Morgan fingerprint density at radius 3 is 3.08 bits per heavy atom. The summed E-state index contributed by atoms with van der Waals surface area (Å²) in [6.07, 6.45) is 0. The number of benzene rings is 1. The molecule has 0 amide bonds. The number of rotatable bonds is 1. The van der Waals surface area contributed by atoms with E-state index in [0.717, 1.165) is 17.3 Å². The summed E-state index contributed by atoms with van der Waals surface area (Å²) in [5, 5.41) is 4.31. The maximum atomic E-state index is 5.93. The van der Waals surface area contributed by atoms with E-state index in [1.165, 1.54) is 11.3 Å². The highest BCUT2D eigenvalue weighted by Crippen LogP contribution is 2.23. The molecule has 0 spiro atoms. The van der Waals surface area contributed by atoms with E-state index in [1.807, 2.05) is 30.0 Å². The van der Waals surface area contributed by atoms with Crippen LogP contribution in [-0.4, -0.2) is 18.1 Å². The van der Waals surface area contributed by atoms with Crippen LogP contribution in [0.25, 0.3) is 0 Å². The Kier molecular flexibility index (Phi) is 3.14. The molecule has 0 radical (unpaired) electrons. The first kappa shape index (κ1) is 9.38. The highest BCUT2D eigenvalue weighted by Gasteiger charge is 2.14. The van der Waals surface area contributed by atoms with E-state index in [0.29, 0.717) is 6.04 Å². The van der Waals surface area contributed by atoms with Gasteiger partial charge in [0.1, 0.15) is 0 Å². The minimum absolute atomic E-state index is 0.484. The molecule has 1 aromatic carbocycles. The van der Waals surface area contributed by atoms with Gasteiger partial charge in [-0.15, -0.1) is 0 Å². The first-order valence-electron chi connectivity index (χ1n) is 4.43. The summed E-state index contributed by atoms with van der Waals surface area (Å²) in [4.78, 5) is 0. The van der Waals surface area contributed by atoms with Crippen LogP contribution < -0.4 is 5.32 Å². The summed E-state index contributed by atoms with van der Waals surface area (Å²) < 4.78 is 0. The average Bonchev–Trinajstić information content (AvgIpc) is 2.19. The molecule has 1 aromatic rings. The van der Waals surface area contributed by atoms with Crippen LogP contribution >= 0.6 is 23.4 Å². The smallest absolute Gasteiger partial charge is 0.0412 e. The van der Waals surface area contributed by atoms with Crippen molar-refractivity contribution in [3.8, 4) is 0 Å². The summed E-state index contributed by atoms with van der Waals surface area (Å²) in [5.41, 5.74) is 1.31. The molecule has 70 valence electrons. The fourth-order valence-electron chi connectivity index (χ4n) is 1.50. The van der Waals surface area contributed by atoms with Gasteiger partial charge in [-0.1, -0.05) is 23.7 Å². The van der Waals surface area contributed by atoms with Crippen molar-refractivity contribution >= 4 is 23.4 Å². The Bertz CT molecular complexity index is 284. The van der Waals surface area contributed by atoms with Crippen molar-refractivity contribution in [2.24, 2.45) is 0 Å². The molecule has 1 aliphatic heterocycles. The molecule has 13 heavy (non-hydrogen) atoms. The molecule has 0 bridgehead atoms. The van der Waals surface area contributed by atoms with Gasteiger partial charge in [0.15, 0.2) is 0 Å². The molecule has 1 aliphatic rings. The second kappa shape index (κ2) is 4.36. The largest absolute Gasteiger partial charge is 0.308 e. The third kappa shape index (κ3) is 2.39. The van der Waals surface area contributed by atoms with E-state index >= 15 is 0 Å². The molecule has 1 saturated heterocycles. The molecule has 0 saturated carbocycles. The Labute approximate surface area is 87.9 Å². The molecule has 1 heterocycles. The van der Waals surface area contributed by atoms with Gasteiger partial charge in [-0.2, -0.15) is 11.8 Å². The van der Waals surface area contributed by atoms with Gasteiger partial charge in [-0.3, -0.25) is 0 Å². The second-order valence-electron chi connectivity index (χ2n) is 3.14. The van der Waals surface area contributed by atoms with Crippen molar-refractivity contribution in [3.63, 3.8) is 0 Å². The molecule has 0 aromatic heterocycles. The van der Waals surface area contributed by atoms with Gasteiger partial charge in [0.25, 0.3) is 0 Å². The van der Waals surface area contributed by atoms with E-state index in [4.69, 9.17) is 11.6 Å². The van der Waals surface area contributed by atoms with Crippen molar-refractivity contribution in [2.75, 3.05) is 18.1 Å². The first-order chi connectivity index (χ1) is 6.36. The monoisotopic (exact) mass is 213 g/mol. The topological polar surface area (TPSA) is 12.0 Å². The highest BCUT2D eigenvalue weighted by molar-refractivity contribution is 7.99. The fraction of sp³-hybridized carbons (Fsp3) is 0.400. The molecular weight excluding hydrogens is 202 g/mol. The highest BCUT2D eigenvalue weighted by atomic mass is 35.5. The van der Waals surface area contributed by atoms with E-state index in [-0.39, 0.29) is 0 Å². The first-order valence-corrected chi connectivity index (χ1v) is 5.96. The van der Waals surface area contributed by atoms with Gasteiger partial charge < -0.3 is 5.32 Å². The van der Waals surface area contributed by atoms with Crippen molar-refractivity contribution in [3.05, 3.63) is 34.9 Å². The lowest BCUT2D eigenvalue weighted by molar-refractivity contribution is 0.595. The fourth-order valence-corrected chi connectivity index (χ4v) is 2.68. The number of halogens is 1. The van der Waals surface area contributed by atoms with Crippen LogP contribution in [0, 0.1) is 0 Å². The zero-order valence-electron chi connectivity index (χ0n) is 7.29. The van der Waals surface area contributed by atoms with E-state index in [9.17, 15) is 0 Å². The lowest BCUT2D eigenvalue weighted by Crippen LogP contribution is -2.30. The van der Waals surface area contributed by atoms with Crippen LogP contribution in [0.15, 0.2) is 24.3 Å². The molecule has 1 fully saturated rings. The molecule has 2 rings (SSSR count). The molecule has 1 N–H and O–H groups in total. The number of hydrogen-bond acceptors (Lipinski definition) is 2. The molecule has 1 nitrogen and oxygen atoms in total. The maximum Gasteiger partial charge on any atom is 0.0412 e. The molecule has 3 heteroatoms. The van der Waals surface area contributed by atoms with Gasteiger partial charge in [0, 0.05) is 29.1 Å². The molecular formula is C10H12ClNS. The summed E-state index contributed by atoms with van der Waals surface area (Å²) in [7, 11) is 0. The van der Waals surface area contributed by atoms with Gasteiger partial charge >= 0.3 is 0 Å². The van der Waals surface area contributed by atoms with Gasteiger partial charge in [0.2, 0.25) is 0 Å². The van der Waals surface area contributed by atoms with E-state index < -0.39 is 0 Å². The van der Waals surface area contributed by atoms with Crippen molar-refractivity contribution < 1.29 is 0 Å². The predicted octanol–water partition coefficient (Wildman–Crippen LogP) is 2.72. The van der Waals surface area contributed by atoms with Crippen LogP contribution in [0.4, 0.5) is 0 Å². The summed E-state index contributed by atoms with van der Waals surface area (Å²) >= 11 is 7.93. The third-order valence-electron chi connectivity index (χ3n) is 2.17.